The molecule has 3 aromatic carbocycles. The van der Waals surface area contributed by atoms with Crippen molar-refractivity contribution in [2.75, 3.05) is 37.8 Å². The van der Waals surface area contributed by atoms with E-state index in [1.807, 2.05) is 89.5 Å². The highest BCUT2D eigenvalue weighted by atomic mass is 16.1. The van der Waals surface area contributed by atoms with E-state index >= 15 is 0 Å². The molecule has 4 heterocycles. The van der Waals surface area contributed by atoms with Gasteiger partial charge in [-0.1, -0.05) is 60.7 Å². The van der Waals surface area contributed by atoms with Gasteiger partial charge in [-0.25, -0.2) is 15.0 Å². The molecule has 0 atom stereocenters. The number of hydrogen-bond donors (Lipinski definition) is 2. The van der Waals surface area contributed by atoms with Crippen molar-refractivity contribution in [2.45, 2.75) is 31.8 Å². The molecule has 1 aliphatic rings. The smallest absolute Gasteiger partial charge is 0.228 e. The maximum Gasteiger partial charge on any atom is 0.228 e. The van der Waals surface area contributed by atoms with Crippen LogP contribution in [0.3, 0.4) is 0 Å². The SMILES string of the molecule is CN(C)C1CCN(Cc2cccc(Nc3nccc(-c4c(-c5cccc(NC(=O)Cc6ccccc6)c5)nc5ccccn45)n3)c2)CC1. The van der Waals surface area contributed by atoms with Crippen molar-refractivity contribution in [3.8, 4) is 22.6 Å². The quantitative estimate of drug-likeness (QED) is 0.169. The average molecular weight is 637 g/mol. The van der Waals surface area contributed by atoms with Crippen LogP contribution in [0.5, 0.6) is 0 Å². The molecule has 9 nitrogen and oxygen atoms in total. The molecule has 0 saturated carbocycles. The zero-order valence-corrected chi connectivity index (χ0v) is 27.4. The molecule has 1 saturated heterocycles. The topological polar surface area (TPSA) is 90.7 Å². The Bertz CT molecular complexity index is 2010. The van der Waals surface area contributed by atoms with Gasteiger partial charge in [-0.15, -0.1) is 0 Å². The predicted octanol–water partition coefficient (Wildman–Crippen LogP) is 6.91. The fourth-order valence-electron chi connectivity index (χ4n) is 6.45. The van der Waals surface area contributed by atoms with Gasteiger partial charge in [-0.05, 0) is 93.6 Å². The Labute approximate surface area is 281 Å². The number of hydrogen-bond acceptors (Lipinski definition) is 7. The van der Waals surface area contributed by atoms with Crippen LogP contribution in [0.4, 0.5) is 17.3 Å². The van der Waals surface area contributed by atoms with Crippen molar-refractivity contribution < 1.29 is 4.79 Å². The molecule has 48 heavy (non-hydrogen) atoms. The van der Waals surface area contributed by atoms with E-state index in [0.717, 1.165) is 59.2 Å². The van der Waals surface area contributed by atoms with Crippen LogP contribution in [0.25, 0.3) is 28.3 Å². The summed E-state index contributed by atoms with van der Waals surface area (Å²) in [7, 11) is 4.35. The summed E-state index contributed by atoms with van der Waals surface area (Å²) in [5.41, 5.74) is 7.92. The summed E-state index contributed by atoms with van der Waals surface area (Å²) >= 11 is 0. The zero-order chi connectivity index (χ0) is 32.9. The van der Waals surface area contributed by atoms with Crippen molar-refractivity contribution in [3.63, 3.8) is 0 Å². The second-order valence-electron chi connectivity index (χ2n) is 12.6. The molecule has 242 valence electrons. The van der Waals surface area contributed by atoms with Gasteiger partial charge in [0.25, 0.3) is 0 Å². The van der Waals surface area contributed by atoms with E-state index in [1.165, 1.54) is 18.4 Å². The van der Waals surface area contributed by atoms with E-state index in [9.17, 15) is 4.79 Å². The number of amides is 1. The highest BCUT2D eigenvalue weighted by Gasteiger charge is 2.21. The fraction of sp³-hybridized carbons (Fsp3) is 0.231. The van der Waals surface area contributed by atoms with Crippen LogP contribution >= 0.6 is 0 Å². The summed E-state index contributed by atoms with van der Waals surface area (Å²) in [6.07, 6.45) is 6.47. The Morgan fingerprint density at radius 1 is 0.833 bits per heavy atom. The molecule has 3 aromatic heterocycles. The molecule has 0 radical (unpaired) electrons. The van der Waals surface area contributed by atoms with Gasteiger partial charge in [0.1, 0.15) is 5.65 Å². The van der Waals surface area contributed by atoms with Crippen LogP contribution in [-0.2, 0) is 17.8 Å². The molecule has 0 spiro atoms. The lowest BCUT2D eigenvalue weighted by molar-refractivity contribution is -0.115. The van der Waals surface area contributed by atoms with Crippen LogP contribution in [-0.4, -0.2) is 68.3 Å². The molecule has 9 heteroatoms. The molecular weight excluding hydrogens is 596 g/mol. The van der Waals surface area contributed by atoms with E-state index in [-0.39, 0.29) is 5.91 Å². The van der Waals surface area contributed by atoms with E-state index < -0.39 is 0 Å². The van der Waals surface area contributed by atoms with Gasteiger partial charge in [-0.3, -0.25) is 14.1 Å². The maximum absolute atomic E-state index is 12.8. The molecule has 1 fully saturated rings. The first-order valence-corrected chi connectivity index (χ1v) is 16.5. The third kappa shape index (κ3) is 7.27. The number of fused-ring (bicyclic) bond motifs is 1. The van der Waals surface area contributed by atoms with Crippen LogP contribution in [0.1, 0.15) is 24.0 Å². The van der Waals surface area contributed by atoms with E-state index in [2.05, 4.69) is 63.8 Å². The number of benzene rings is 3. The Hall–Kier alpha value is -5.38. The summed E-state index contributed by atoms with van der Waals surface area (Å²) in [6.45, 7) is 3.14. The zero-order valence-electron chi connectivity index (χ0n) is 27.4. The minimum absolute atomic E-state index is 0.0712. The first-order valence-electron chi connectivity index (χ1n) is 16.5. The normalized spacial score (nSPS) is 14.0. The lowest BCUT2D eigenvalue weighted by Crippen LogP contribution is -2.41. The van der Waals surface area contributed by atoms with Gasteiger partial charge in [0.15, 0.2) is 0 Å². The average Bonchev–Trinajstić information content (AvgIpc) is 3.49. The van der Waals surface area contributed by atoms with Gasteiger partial charge in [-0.2, -0.15) is 0 Å². The van der Waals surface area contributed by atoms with Gasteiger partial charge >= 0.3 is 0 Å². The number of carbonyl (C=O) groups is 1. The van der Waals surface area contributed by atoms with Gasteiger partial charge in [0, 0.05) is 41.9 Å². The van der Waals surface area contributed by atoms with Crippen molar-refractivity contribution in [1.29, 1.82) is 0 Å². The summed E-state index contributed by atoms with van der Waals surface area (Å²) in [4.78, 5) is 32.3. The molecule has 1 aliphatic heterocycles. The number of anilines is 3. The predicted molar refractivity (Wildman–Crippen MR) is 192 cm³/mol. The fourth-order valence-corrected chi connectivity index (χ4v) is 6.45. The maximum atomic E-state index is 12.8. The Kier molecular flexibility index (Phi) is 9.22. The number of rotatable bonds is 10. The first-order chi connectivity index (χ1) is 23.5. The standard InChI is InChI=1S/C39H40N8O/c1-45(2)33-18-22-46(23-19-33)27-29-12-8-14-31(24-29)42-39-40-20-17-34(43-39)38-37(44-35-16-6-7-21-47(35)38)30-13-9-15-32(26-30)41-36(48)25-28-10-4-3-5-11-28/h3-17,20-21,24,26,33H,18-19,22-23,25,27H2,1-2H3,(H,41,48)(H,40,42,43). The lowest BCUT2D eigenvalue weighted by Gasteiger charge is -2.35. The second-order valence-corrected chi connectivity index (χ2v) is 12.6. The molecule has 7 rings (SSSR count). The number of aromatic nitrogens is 4. The summed E-state index contributed by atoms with van der Waals surface area (Å²) in [5.74, 6) is 0.438. The summed E-state index contributed by atoms with van der Waals surface area (Å²) < 4.78 is 2.04. The lowest BCUT2D eigenvalue weighted by atomic mass is 10.0. The monoisotopic (exact) mass is 636 g/mol. The molecule has 0 aliphatic carbocycles. The molecule has 0 unspecified atom stereocenters. The number of carbonyl (C=O) groups excluding carboxylic acids is 1. The van der Waals surface area contributed by atoms with Crippen molar-refractivity contribution in [2.24, 2.45) is 0 Å². The second kappa shape index (κ2) is 14.2. The third-order valence-electron chi connectivity index (χ3n) is 8.93. The van der Waals surface area contributed by atoms with E-state index in [0.29, 0.717) is 24.1 Å². The number of nitrogens with one attached hydrogen (secondary N) is 2. The number of nitrogens with zero attached hydrogens (tertiary/aromatic N) is 6. The number of piperidine rings is 1. The van der Waals surface area contributed by atoms with Crippen LogP contribution in [0.2, 0.25) is 0 Å². The molecular formula is C39H40N8O. The van der Waals surface area contributed by atoms with Crippen LogP contribution in [0.15, 0.2) is 116 Å². The molecule has 0 bridgehead atoms. The van der Waals surface area contributed by atoms with Gasteiger partial charge < -0.3 is 15.5 Å². The first kappa shape index (κ1) is 31.2. The highest BCUT2D eigenvalue weighted by Crippen LogP contribution is 2.33. The van der Waals surface area contributed by atoms with Crippen LogP contribution in [0, 0.1) is 0 Å². The number of imidazole rings is 1. The summed E-state index contributed by atoms with van der Waals surface area (Å²) in [6, 6.07) is 34.6. The van der Waals surface area contributed by atoms with Crippen molar-refractivity contribution in [3.05, 3.63) is 127 Å². The third-order valence-corrected chi connectivity index (χ3v) is 8.93. The van der Waals surface area contributed by atoms with Gasteiger partial charge in [0.05, 0.1) is 23.5 Å². The minimum atomic E-state index is -0.0712. The van der Waals surface area contributed by atoms with Crippen LogP contribution < -0.4 is 10.6 Å². The number of pyridine rings is 1. The largest absolute Gasteiger partial charge is 0.326 e. The Morgan fingerprint density at radius 2 is 1.60 bits per heavy atom. The Balaban J connectivity index is 1.12. The van der Waals surface area contributed by atoms with Gasteiger partial charge in [0.2, 0.25) is 11.9 Å². The number of likely N-dealkylation sites (tertiary alicyclic amines) is 1. The van der Waals surface area contributed by atoms with Crippen molar-refractivity contribution >= 4 is 28.9 Å². The summed E-state index contributed by atoms with van der Waals surface area (Å²) in [5, 5.41) is 6.49. The minimum Gasteiger partial charge on any atom is -0.326 e. The molecule has 2 N–H and O–H groups in total. The van der Waals surface area contributed by atoms with E-state index in [4.69, 9.17) is 9.97 Å². The van der Waals surface area contributed by atoms with E-state index in [1.54, 1.807) is 6.20 Å². The molecule has 1 amide bonds. The van der Waals surface area contributed by atoms with Crippen molar-refractivity contribution in [1.82, 2.24) is 29.2 Å². The molecule has 6 aromatic rings. The highest BCUT2D eigenvalue weighted by molar-refractivity contribution is 5.93. The Morgan fingerprint density at radius 3 is 2.44 bits per heavy atom.